The van der Waals surface area contributed by atoms with Crippen LogP contribution in [-0.4, -0.2) is 48.3 Å². The van der Waals surface area contributed by atoms with Gasteiger partial charge in [-0.05, 0) is 39.0 Å². The third-order valence-corrected chi connectivity index (χ3v) is 7.50. The lowest BCUT2D eigenvalue weighted by Gasteiger charge is -2.40. The van der Waals surface area contributed by atoms with Gasteiger partial charge in [0.1, 0.15) is 6.61 Å². The van der Waals surface area contributed by atoms with Crippen molar-refractivity contribution in [2.24, 2.45) is 5.92 Å². The number of nitrogens with zero attached hydrogens (tertiary/aromatic N) is 3. The van der Waals surface area contributed by atoms with Crippen molar-refractivity contribution in [3.63, 3.8) is 0 Å². The molecular weight excluding hydrogens is 330 g/mol. The molecule has 136 valence electrons. The van der Waals surface area contributed by atoms with Crippen LogP contribution in [0.4, 0.5) is 0 Å². The van der Waals surface area contributed by atoms with Crippen LogP contribution in [-0.2, 0) is 26.8 Å². The van der Waals surface area contributed by atoms with Crippen LogP contribution in [0.3, 0.4) is 0 Å². The van der Waals surface area contributed by atoms with Gasteiger partial charge in [-0.1, -0.05) is 18.0 Å². The maximum absolute atomic E-state index is 12.4. The second-order valence-electron chi connectivity index (χ2n) is 7.37. The van der Waals surface area contributed by atoms with Gasteiger partial charge in [-0.3, -0.25) is 0 Å². The van der Waals surface area contributed by atoms with E-state index in [0.717, 1.165) is 25.1 Å². The quantitative estimate of drug-likeness (QED) is 0.743. The molecular formula is C16H27N3O4S. The van der Waals surface area contributed by atoms with E-state index in [0.29, 0.717) is 31.5 Å². The highest BCUT2D eigenvalue weighted by Gasteiger charge is 2.46. The van der Waals surface area contributed by atoms with Gasteiger partial charge in [0.2, 0.25) is 10.0 Å². The lowest BCUT2D eigenvalue weighted by molar-refractivity contribution is 0.151. The standard InChI is InChI=1S/C16H27N3O4S/c1-12(2)24(20,21)19-8-6-16(7-9-19,10-13-4-5-13)15-17-14(11-22-3)23-18-15/h12-13H,4-11H2,1-3H3. The summed E-state index contributed by atoms with van der Waals surface area (Å²) >= 11 is 0. The number of piperidine rings is 1. The molecule has 1 aliphatic heterocycles. The summed E-state index contributed by atoms with van der Waals surface area (Å²) in [5.41, 5.74) is -0.167. The van der Waals surface area contributed by atoms with E-state index in [1.807, 2.05) is 0 Å². The second kappa shape index (κ2) is 6.72. The maximum Gasteiger partial charge on any atom is 0.252 e. The van der Waals surface area contributed by atoms with Gasteiger partial charge in [0.25, 0.3) is 5.89 Å². The Morgan fingerprint density at radius 3 is 2.54 bits per heavy atom. The zero-order valence-electron chi connectivity index (χ0n) is 14.7. The number of rotatable bonds is 7. The second-order valence-corrected chi connectivity index (χ2v) is 9.85. The van der Waals surface area contributed by atoms with Crippen LogP contribution in [0.1, 0.15) is 57.7 Å². The first-order chi connectivity index (χ1) is 11.4. The molecule has 0 radical (unpaired) electrons. The highest BCUT2D eigenvalue weighted by molar-refractivity contribution is 7.89. The molecule has 0 spiro atoms. The molecule has 8 heteroatoms. The van der Waals surface area contributed by atoms with Gasteiger partial charge in [0, 0.05) is 25.6 Å². The van der Waals surface area contributed by atoms with Gasteiger partial charge in [0.05, 0.1) is 5.25 Å². The van der Waals surface area contributed by atoms with Crippen LogP contribution in [0.2, 0.25) is 0 Å². The summed E-state index contributed by atoms with van der Waals surface area (Å²) in [4.78, 5) is 4.53. The molecule has 1 saturated carbocycles. The van der Waals surface area contributed by atoms with Gasteiger partial charge < -0.3 is 9.26 Å². The first-order valence-corrected chi connectivity index (χ1v) is 10.2. The fourth-order valence-corrected chi connectivity index (χ4v) is 4.80. The molecule has 1 saturated heterocycles. The third-order valence-electron chi connectivity index (χ3n) is 5.22. The molecule has 0 amide bonds. The summed E-state index contributed by atoms with van der Waals surface area (Å²) in [6.45, 7) is 4.83. The van der Waals surface area contributed by atoms with Gasteiger partial charge in [-0.2, -0.15) is 4.98 Å². The largest absolute Gasteiger partial charge is 0.375 e. The normalized spacial score (nSPS) is 22.2. The van der Waals surface area contributed by atoms with Crippen molar-refractivity contribution in [1.82, 2.24) is 14.4 Å². The summed E-state index contributed by atoms with van der Waals surface area (Å²) in [6.07, 6.45) is 5.02. The van der Waals surface area contributed by atoms with Crippen molar-refractivity contribution >= 4 is 10.0 Å². The molecule has 24 heavy (non-hydrogen) atoms. The lowest BCUT2D eigenvalue weighted by Crippen LogP contribution is -2.47. The highest BCUT2D eigenvalue weighted by Crippen LogP contribution is 2.46. The minimum Gasteiger partial charge on any atom is -0.375 e. The maximum atomic E-state index is 12.4. The van der Waals surface area contributed by atoms with Gasteiger partial charge >= 0.3 is 0 Å². The molecule has 1 aromatic heterocycles. The molecule has 1 aliphatic carbocycles. The summed E-state index contributed by atoms with van der Waals surface area (Å²) in [5.74, 6) is 1.92. The molecule has 7 nitrogen and oxygen atoms in total. The van der Waals surface area contributed by atoms with Crippen molar-refractivity contribution < 1.29 is 17.7 Å². The Balaban J connectivity index is 1.78. The Bertz CT molecular complexity index is 659. The first-order valence-electron chi connectivity index (χ1n) is 8.68. The zero-order chi connectivity index (χ0) is 17.4. The SMILES string of the molecule is COCc1nc(C2(CC3CC3)CCN(S(=O)(=O)C(C)C)CC2)no1. The number of ether oxygens (including phenoxy) is 1. The molecule has 0 N–H and O–H groups in total. The Morgan fingerprint density at radius 1 is 1.33 bits per heavy atom. The fourth-order valence-electron chi connectivity index (χ4n) is 3.51. The fraction of sp³-hybridized carbons (Fsp3) is 0.875. The Kier molecular flexibility index (Phi) is 4.99. The van der Waals surface area contributed by atoms with Crippen molar-refractivity contribution in [2.75, 3.05) is 20.2 Å². The van der Waals surface area contributed by atoms with Crippen LogP contribution in [0.5, 0.6) is 0 Å². The summed E-state index contributed by atoms with van der Waals surface area (Å²) < 4.78 is 36.8. The van der Waals surface area contributed by atoms with Crippen LogP contribution >= 0.6 is 0 Å². The average Bonchev–Trinajstić information content (AvgIpc) is 3.22. The van der Waals surface area contributed by atoms with E-state index in [2.05, 4.69) is 10.1 Å². The van der Waals surface area contributed by atoms with E-state index in [9.17, 15) is 8.42 Å². The predicted octanol–water partition coefficient (Wildman–Crippen LogP) is 2.09. The lowest BCUT2D eigenvalue weighted by atomic mass is 9.74. The third kappa shape index (κ3) is 3.50. The average molecular weight is 357 g/mol. The minimum atomic E-state index is -3.20. The molecule has 1 aromatic rings. The molecule has 0 aromatic carbocycles. The van der Waals surface area contributed by atoms with Crippen LogP contribution in [0.25, 0.3) is 0 Å². The molecule has 0 unspecified atom stereocenters. The monoisotopic (exact) mass is 357 g/mol. The van der Waals surface area contributed by atoms with Crippen LogP contribution in [0.15, 0.2) is 4.52 Å². The van der Waals surface area contributed by atoms with E-state index in [-0.39, 0.29) is 10.7 Å². The Morgan fingerprint density at radius 2 is 2.00 bits per heavy atom. The summed E-state index contributed by atoms with van der Waals surface area (Å²) in [6, 6.07) is 0. The number of methoxy groups -OCH3 is 1. The van der Waals surface area contributed by atoms with Gasteiger partial charge in [0.15, 0.2) is 5.82 Å². The number of sulfonamides is 1. The topological polar surface area (TPSA) is 85.5 Å². The first kappa shape index (κ1) is 17.8. The van der Waals surface area contributed by atoms with Gasteiger partial charge in [-0.15, -0.1) is 0 Å². The van der Waals surface area contributed by atoms with E-state index in [1.54, 1.807) is 25.3 Å². The van der Waals surface area contributed by atoms with E-state index < -0.39 is 10.0 Å². The van der Waals surface area contributed by atoms with E-state index >= 15 is 0 Å². The van der Waals surface area contributed by atoms with Crippen molar-refractivity contribution in [1.29, 1.82) is 0 Å². The van der Waals surface area contributed by atoms with E-state index in [4.69, 9.17) is 9.26 Å². The smallest absolute Gasteiger partial charge is 0.252 e. The van der Waals surface area contributed by atoms with Crippen molar-refractivity contribution in [3.05, 3.63) is 11.7 Å². The predicted molar refractivity (Wildman–Crippen MR) is 88.9 cm³/mol. The molecule has 0 bridgehead atoms. The summed E-state index contributed by atoms with van der Waals surface area (Å²) in [5, 5.41) is 3.82. The molecule has 2 heterocycles. The minimum absolute atomic E-state index is 0.167. The summed E-state index contributed by atoms with van der Waals surface area (Å²) in [7, 11) is -1.60. The van der Waals surface area contributed by atoms with Crippen molar-refractivity contribution in [2.45, 2.75) is 63.2 Å². The Labute approximate surface area is 143 Å². The number of hydrogen-bond donors (Lipinski definition) is 0. The van der Waals surface area contributed by atoms with Crippen LogP contribution < -0.4 is 0 Å². The van der Waals surface area contributed by atoms with E-state index in [1.165, 1.54) is 12.8 Å². The highest BCUT2D eigenvalue weighted by atomic mass is 32.2. The number of aromatic nitrogens is 2. The molecule has 3 rings (SSSR count). The number of hydrogen-bond acceptors (Lipinski definition) is 6. The zero-order valence-corrected chi connectivity index (χ0v) is 15.5. The van der Waals surface area contributed by atoms with Crippen LogP contribution in [0, 0.1) is 5.92 Å². The molecule has 2 fully saturated rings. The molecule has 2 aliphatic rings. The Hall–Kier alpha value is -0.990. The molecule has 0 atom stereocenters. The van der Waals surface area contributed by atoms with Gasteiger partial charge in [-0.25, -0.2) is 12.7 Å². The van der Waals surface area contributed by atoms with Crippen molar-refractivity contribution in [3.8, 4) is 0 Å².